The van der Waals surface area contributed by atoms with Crippen LogP contribution >= 0.6 is 23.2 Å². The van der Waals surface area contributed by atoms with Crippen LogP contribution in [0.4, 0.5) is 5.69 Å². The lowest BCUT2D eigenvalue weighted by Crippen LogP contribution is -2.41. The standard InChI is InChI=1S/C20H21Cl2N3O3/c1-13-15(21)7-4-8-17(13)23-18(26)11-12-20(28)25-24-19(27)10-9-14-5-2-3-6-16(14)22/h2-8H,9-12H2,1H3,(H,23,26)(H,24,27)(H,25,28). The van der Waals surface area contributed by atoms with Gasteiger partial charge in [0.25, 0.3) is 0 Å². The van der Waals surface area contributed by atoms with E-state index in [2.05, 4.69) is 16.2 Å². The van der Waals surface area contributed by atoms with Crippen LogP contribution in [0.3, 0.4) is 0 Å². The first kappa shape index (κ1) is 21.7. The van der Waals surface area contributed by atoms with E-state index in [-0.39, 0.29) is 31.1 Å². The summed E-state index contributed by atoms with van der Waals surface area (Å²) >= 11 is 12.0. The molecule has 0 saturated carbocycles. The molecule has 0 fully saturated rings. The monoisotopic (exact) mass is 421 g/mol. The minimum absolute atomic E-state index is 0.0206. The topological polar surface area (TPSA) is 87.3 Å². The highest BCUT2D eigenvalue weighted by Crippen LogP contribution is 2.23. The Morgan fingerprint density at radius 2 is 1.39 bits per heavy atom. The second-order valence-electron chi connectivity index (χ2n) is 6.15. The highest BCUT2D eigenvalue weighted by molar-refractivity contribution is 6.32. The van der Waals surface area contributed by atoms with Gasteiger partial charge >= 0.3 is 0 Å². The summed E-state index contributed by atoms with van der Waals surface area (Å²) in [7, 11) is 0. The third-order valence-corrected chi connectivity index (χ3v) is 4.82. The van der Waals surface area contributed by atoms with Crippen molar-refractivity contribution < 1.29 is 14.4 Å². The van der Waals surface area contributed by atoms with E-state index in [0.29, 0.717) is 22.2 Å². The number of amides is 3. The summed E-state index contributed by atoms with van der Waals surface area (Å²) in [4.78, 5) is 35.6. The molecule has 3 N–H and O–H groups in total. The molecule has 0 bridgehead atoms. The Kier molecular flexibility index (Phi) is 8.29. The van der Waals surface area contributed by atoms with Crippen LogP contribution in [-0.4, -0.2) is 17.7 Å². The molecular formula is C20H21Cl2N3O3. The van der Waals surface area contributed by atoms with Gasteiger partial charge in [-0.15, -0.1) is 0 Å². The van der Waals surface area contributed by atoms with Gasteiger partial charge in [0, 0.05) is 35.0 Å². The summed E-state index contributed by atoms with van der Waals surface area (Å²) in [6.45, 7) is 1.79. The molecule has 0 heterocycles. The third-order valence-electron chi connectivity index (χ3n) is 4.04. The Labute approximate surface area is 173 Å². The summed E-state index contributed by atoms with van der Waals surface area (Å²) < 4.78 is 0. The van der Waals surface area contributed by atoms with Gasteiger partial charge in [0.15, 0.2) is 0 Å². The van der Waals surface area contributed by atoms with Gasteiger partial charge in [0.2, 0.25) is 17.7 Å². The van der Waals surface area contributed by atoms with E-state index >= 15 is 0 Å². The summed E-state index contributed by atoms with van der Waals surface area (Å²) in [6.07, 6.45) is 0.560. The van der Waals surface area contributed by atoms with Gasteiger partial charge in [-0.2, -0.15) is 0 Å². The van der Waals surface area contributed by atoms with Crippen LogP contribution in [0, 0.1) is 6.92 Å². The average molecular weight is 422 g/mol. The quantitative estimate of drug-likeness (QED) is 0.594. The second kappa shape index (κ2) is 10.7. The molecule has 0 aromatic heterocycles. The number of benzene rings is 2. The molecule has 148 valence electrons. The molecule has 2 aromatic rings. The van der Waals surface area contributed by atoms with Gasteiger partial charge in [0.05, 0.1) is 0 Å². The maximum Gasteiger partial charge on any atom is 0.238 e. The van der Waals surface area contributed by atoms with Gasteiger partial charge in [-0.3, -0.25) is 25.2 Å². The number of rotatable bonds is 7. The zero-order chi connectivity index (χ0) is 20.5. The van der Waals surface area contributed by atoms with Gasteiger partial charge in [-0.1, -0.05) is 47.5 Å². The maximum atomic E-state index is 12.0. The molecule has 8 heteroatoms. The van der Waals surface area contributed by atoms with E-state index in [4.69, 9.17) is 23.2 Å². The van der Waals surface area contributed by atoms with Crippen LogP contribution in [0.5, 0.6) is 0 Å². The number of carbonyl (C=O) groups excluding carboxylic acids is 3. The molecule has 2 aromatic carbocycles. The van der Waals surface area contributed by atoms with Gasteiger partial charge < -0.3 is 5.32 Å². The number of anilines is 1. The largest absolute Gasteiger partial charge is 0.326 e. The summed E-state index contributed by atoms with van der Waals surface area (Å²) in [5, 5.41) is 3.86. The van der Waals surface area contributed by atoms with Crippen LogP contribution in [0.15, 0.2) is 42.5 Å². The smallest absolute Gasteiger partial charge is 0.238 e. The molecule has 3 amide bonds. The molecule has 0 saturated heterocycles. The molecule has 0 aliphatic heterocycles. The zero-order valence-corrected chi connectivity index (χ0v) is 16.9. The normalized spacial score (nSPS) is 10.2. The van der Waals surface area contributed by atoms with Gasteiger partial charge in [0.1, 0.15) is 0 Å². The fraction of sp³-hybridized carbons (Fsp3) is 0.250. The molecule has 0 unspecified atom stereocenters. The van der Waals surface area contributed by atoms with E-state index in [1.165, 1.54) is 0 Å². The average Bonchev–Trinajstić information content (AvgIpc) is 2.67. The predicted molar refractivity (Wildman–Crippen MR) is 110 cm³/mol. The lowest BCUT2D eigenvalue weighted by Gasteiger charge is -2.10. The van der Waals surface area contributed by atoms with Crippen molar-refractivity contribution in [2.75, 3.05) is 5.32 Å². The van der Waals surface area contributed by atoms with Gasteiger partial charge in [-0.25, -0.2) is 0 Å². The molecule has 0 spiro atoms. The summed E-state index contributed by atoms with van der Waals surface area (Å²) in [6, 6.07) is 12.5. The Morgan fingerprint density at radius 1 is 0.786 bits per heavy atom. The zero-order valence-electron chi connectivity index (χ0n) is 15.4. The first-order valence-corrected chi connectivity index (χ1v) is 9.48. The SMILES string of the molecule is Cc1c(Cl)cccc1NC(=O)CCC(=O)NNC(=O)CCc1ccccc1Cl. The number of aryl methyl sites for hydroxylation is 1. The van der Waals surface area contributed by atoms with Crippen molar-refractivity contribution in [3.63, 3.8) is 0 Å². The van der Waals surface area contributed by atoms with Crippen molar-refractivity contribution in [1.29, 1.82) is 0 Å². The summed E-state index contributed by atoms with van der Waals surface area (Å²) in [5.41, 5.74) is 6.85. The minimum Gasteiger partial charge on any atom is -0.326 e. The van der Waals surface area contributed by atoms with Crippen LogP contribution in [0.1, 0.15) is 30.4 Å². The second-order valence-corrected chi connectivity index (χ2v) is 6.96. The van der Waals surface area contributed by atoms with E-state index < -0.39 is 5.91 Å². The van der Waals surface area contributed by atoms with Crippen molar-refractivity contribution in [2.24, 2.45) is 0 Å². The lowest BCUT2D eigenvalue weighted by molar-refractivity contribution is -0.129. The third kappa shape index (κ3) is 6.87. The van der Waals surface area contributed by atoms with E-state index in [1.54, 1.807) is 31.2 Å². The van der Waals surface area contributed by atoms with Crippen LogP contribution in [0.25, 0.3) is 0 Å². The van der Waals surface area contributed by atoms with Crippen molar-refractivity contribution in [3.05, 3.63) is 63.6 Å². The van der Waals surface area contributed by atoms with Crippen molar-refractivity contribution in [1.82, 2.24) is 10.9 Å². The predicted octanol–water partition coefficient (Wildman–Crippen LogP) is 3.80. The number of carbonyl (C=O) groups is 3. The highest BCUT2D eigenvalue weighted by atomic mass is 35.5. The molecular weight excluding hydrogens is 401 g/mol. The van der Waals surface area contributed by atoms with E-state index in [9.17, 15) is 14.4 Å². The first-order chi connectivity index (χ1) is 13.4. The Bertz CT molecular complexity index is 872. The van der Waals surface area contributed by atoms with Crippen molar-refractivity contribution in [3.8, 4) is 0 Å². The molecule has 2 rings (SSSR count). The maximum absolute atomic E-state index is 12.0. The van der Waals surface area contributed by atoms with Crippen molar-refractivity contribution >= 4 is 46.6 Å². The molecule has 28 heavy (non-hydrogen) atoms. The molecule has 0 atom stereocenters. The number of nitrogens with one attached hydrogen (secondary N) is 3. The number of hydrogen-bond donors (Lipinski definition) is 3. The Morgan fingerprint density at radius 3 is 2.11 bits per heavy atom. The van der Waals surface area contributed by atoms with E-state index in [1.807, 2.05) is 18.2 Å². The lowest BCUT2D eigenvalue weighted by atomic mass is 10.1. The fourth-order valence-corrected chi connectivity index (χ4v) is 2.80. The fourth-order valence-electron chi connectivity index (χ4n) is 2.40. The van der Waals surface area contributed by atoms with Crippen LogP contribution in [0.2, 0.25) is 10.0 Å². The van der Waals surface area contributed by atoms with E-state index in [0.717, 1.165) is 11.1 Å². The van der Waals surface area contributed by atoms with Crippen LogP contribution < -0.4 is 16.2 Å². The summed E-state index contributed by atoms with van der Waals surface area (Å²) in [5.74, 6) is -1.11. The van der Waals surface area contributed by atoms with Gasteiger partial charge in [-0.05, 0) is 42.7 Å². The highest BCUT2D eigenvalue weighted by Gasteiger charge is 2.11. The first-order valence-electron chi connectivity index (χ1n) is 8.73. The Balaban J connectivity index is 1.68. The number of halogens is 2. The molecule has 6 nitrogen and oxygen atoms in total. The number of hydrogen-bond acceptors (Lipinski definition) is 3. The molecule has 0 radical (unpaired) electrons. The Hall–Kier alpha value is -2.57. The molecule has 0 aliphatic carbocycles. The number of hydrazine groups is 1. The minimum atomic E-state index is -0.455. The van der Waals surface area contributed by atoms with Crippen LogP contribution in [-0.2, 0) is 20.8 Å². The van der Waals surface area contributed by atoms with Crippen molar-refractivity contribution in [2.45, 2.75) is 32.6 Å². The molecule has 0 aliphatic rings.